The predicted octanol–water partition coefficient (Wildman–Crippen LogP) is 1.81. The Labute approximate surface area is 141 Å². The van der Waals surface area contributed by atoms with Gasteiger partial charge in [0.25, 0.3) is 5.91 Å². The largest absolute Gasteiger partial charge is 0.465 e. The lowest BCUT2D eigenvalue weighted by atomic mass is 10.2. The van der Waals surface area contributed by atoms with Crippen LogP contribution in [0.3, 0.4) is 0 Å². The molecule has 0 saturated carbocycles. The molecule has 0 unspecified atom stereocenters. The highest BCUT2D eigenvalue weighted by Gasteiger charge is 2.13. The minimum atomic E-state index is -0.397. The summed E-state index contributed by atoms with van der Waals surface area (Å²) in [6, 6.07) is 6.94. The van der Waals surface area contributed by atoms with Crippen LogP contribution in [0.2, 0.25) is 0 Å². The molecule has 0 N–H and O–H groups in total. The van der Waals surface area contributed by atoms with Gasteiger partial charge < -0.3 is 9.30 Å². The van der Waals surface area contributed by atoms with Gasteiger partial charge in [-0.2, -0.15) is 10.1 Å². The number of rotatable bonds is 2. The van der Waals surface area contributed by atoms with Crippen molar-refractivity contribution in [3.63, 3.8) is 0 Å². The van der Waals surface area contributed by atoms with Gasteiger partial charge in [0.15, 0.2) is 10.5 Å². The number of ether oxygens (including phenoxy) is 1. The highest BCUT2D eigenvalue weighted by Crippen LogP contribution is 2.19. The van der Waals surface area contributed by atoms with E-state index in [9.17, 15) is 9.59 Å². The molecular weight excluding hydrogens is 328 g/mol. The fourth-order valence-electron chi connectivity index (χ4n) is 2.29. The number of aryl methyl sites for hydroxylation is 3. The van der Waals surface area contributed by atoms with E-state index >= 15 is 0 Å². The van der Waals surface area contributed by atoms with Crippen LogP contribution in [0.5, 0.6) is 0 Å². The van der Waals surface area contributed by atoms with Crippen molar-refractivity contribution in [2.45, 2.75) is 6.92 Å². The van der Waals surface area contributed by atoms with E-state index in [-0.39, 0.29) is 0 Å². The van der Waals surface area contributed by atoms with Gasteiger partial charge in [0, 0.05) is 19.8 Å². The van der Waals surface area contributed by atoms with Crippen molar-refractivity contribution < 1.29 is 14.3 Å². The Morgan fingerprint density at radius 2 is 2.00 bits per heavy atom. The van der Waals surface area contributed by atoms with Gasteiger partial charge in [-0.05, 0) is 31.2 Å². The van der Waals surface area contributed by atoms with Crippen molar-refractivity contribution in [1.82, 2.24) is 14.3 Å². The maximum atomic E-state index is 12.3. The van der Waals surface area contributed by atoms with Gasteiger partial charge in [0.05, 0.1) is 22.9 Å². The molecule has 24 heavy (non-hydrogen) atoms. The van der Waals surface area contributed by atoms with Gasteiger partial charge in [0.2, 0.25) is 0 Å². The number of esters is 1. The maximum Gasteiger partial charge on any atom is 0.337 e. The molecule has 2 heterocycles. The lowest BCUT2D eigenvalue weighted by molar-refractivity contribution is 0.0601. The van der Waals surface area contributed by atoms with Crippen molar-refractivity contribution in [2.75, 3.05) is 7.11 Å². The summed E-state index contributed by atoms with van der Waals surface area (Å²) in [5.74, 6) is -0.791. The number of carbonyl (C=O) groups excluding carboxylic acids is 2. The number of hydrogen-bond acceptors (Lipinski definition) is 5. The second-order valence-electron chi connectivity index (χ2n) is 5.33. The molecule has 0 spiro atoms. The van der Waals surface area contributed by atoms with Crippen molar-refractivity contribution in [2.24, 2.45) is 19.1 Å². The van der Waals surface area contributed by atoms with Crippen LogP contribution in [-0.4, -0.2) is 33.3 Å². The lowest BCUT2D eigenvalue weighted by Gasteiger charge is -1.99. The normalized spacial score (nSPS) is 11.9. The summed E-state index contributed by atoms with van der Waals surface area (Å²) < 4.78 is 9.03. The highest BCUT2D eigenvalue weighted by atomic mass is 32.1. The average Bonchev–Trinajstić information content (AvgIpc) is 3.06. The van der Waals surface area contributed by atoms with Crippen LogP contribution < -0.4 is 4.80 Å². The third-order valence-corrected chi connectivity index (χ3v) is 4.86. The molecule has 0 atom stereocenters. The minimum Gasteiger partial charge on any atom is -0.465 e. The molecule has 124 valence electrons. The molecule has 0 aliphatic heterocycles. The van der Waals surface area contributed by atoms with Gasteiger partial charge in [-0.3, -0.25) is 9.48 Å². The second-order valence-corrected chi connectivity index (χ2v) is 6.34. The molecule has 1 amide bonds. The fourth-order valence-corrected chi connectivity index (χ4v) is 3.35. The average molecular weight is 344 g/mol. The first-order valence-corrected chi connectivity index (χ1v) is 8.00. The molecule has 0 fully saturated rings. The van der Waals surface area contributed by atoms with Crippen LogP contribution >= 0.6 is 11.3 Å². The quantitative estimate of drug-likeness (QED) is 0.664. The Hall–Kier alpha value is -2.74. The molecule has 0 radical (unpaired) electrons. The third kappa shape index (κ3) is 2.76. The molecule has 8 heteroatoms. The van der Waals surface area contributed by atoms with E-state index in [0.717, 1.165) is 15.9 Å². The summed E-state index contributed by atoms with van der Waals surface area (Å²) in [6.45, 7) is 1.87. The fraction of sp³-hybridized carbons (Fsp3) is 0.250. The van der Waals surface area contributed by atoms with Gasteiger partial charge in [0.1, 0.15) is 0 Å². The zero-order valence-electron chi connectivity index (χ0n) is 13.7. The van der Waals surface area contributed by atoms with Gasteiger partial charge in [-0.15, -0.1) is 0 Å². The summed E-state index contributed by atoms with van der Waals surface area (Å²) >= 11 is 1.33. The number of carbonyl (C=O) groups is 2. The van der Waals surface area contributed by atoms with E-state index in [1.807, 2.05) is 24.6 Å². The topological polar surface area (TPSA) is 78.5 Å². The van der Waals surface area contributed by atoms with E-state index in [2.05, 4.69) is 10.1 Å². The molecule has 3 rings (SSSR count). The van der Waals surface area contributed by atoms with Gasteiger partial charge in [-0.25, -0.2) is 4.79 Å². The van der Waals surface area contributed by atoms with Crippen molar-refractivity contribution >= 4 is 33.4 Å². The number of thiazole rings is 1. The summed E-state index contributed by atoms with van der Waals surface area (Å²) in [5, 5.41) is 4.15. The SMILES string of the molecule is COC(=O)c1ccc2c(c1)sc(=NC(=O)c1cc(C)n(C)n1)n2C. The predicted molar refractivity (Wildman–Crippen MR) is 90.0 cm³/mol. The number of benzene rings is 1. The Bertz CT molecular complexity index is 1010. The molecule has 0 bridgehead atoms. The maximum absolute atomic E-state index is 12.3. The van der Waals surface area contributed by atoms with Crippen LogP contribution in [-0.2, 0) is 18.8 Å². The van der Waals surface area contributed by atoms with E-state index < -0.39 is 11.9 Å². The second kappa shape index (κ2) is 6.04. The van der Waals surface area contributed by atoms with Crippen molar-refractivity contribution in [1.29, 1.82) is 0 Å². The first-order valence-electron chi connectivity index (χ1n) is 7.18. The number of amides is 1. The zero-order chi connectivity index (χ0) is 17.4. The van der Waals surface area contributed by atoms with Crippen LogP contribution in [0.4, 0.5) is 0 Å². The standard InChI is InChI=1S/C16H16N4O3S/c1-9-7-11(18-20(9)3)14(21)17-16-19(2)12-6-5-10(15(22)23-4)8-13(12)24-16/h5-8H,1-4H3. The number of aromatic nitrogens is 3. The zero-order valence-corrected chi connectivity index (χ0v) is 14.5. The third-order valence-electron chi connectivity index (χ3n) is 3.76. The molecule has 0 aliphatic carbocycles. The summed E-state index contributed by atoms with van der Waals surface area (Å²) in [7, 11) is 4.95. The van der Waals surface area contributed by atoms with E-state index in [0.29, 0.717) is 16.1 Å². The van der Waals surface area contributed by atoms with Crippen LogP contribution in [0.1, 0.15) is 26.5 Å². The number of fused-ring (bicyclic) bond motifs is 1. The van der Waals surface area contributed by atoms with Crippen LogP contribution in [0, 0.1) is 6.92 Å². The number of hydrogen-bond donors (Lipinski definition) is 0. The van der Waals surface area contributed by atoms with E-state index in [4.69, 9.17) is 4.74 Å². The monoisotopic (exact) mass is 344 g/mol. The van der Waals surface area contributed by atoms with Crippen molar-refractivity contribution in [3.05, 3.63) is 46.0 Å². The summed E-state index contributed by atoms with van der Waals surface area (Å²) in [6.07, 6.45) is 0. The molecule has 1 aromatic carbocycles. The van der Waals surface area contributed by atoms with Crippen molar-refractivity contribution in [3.8, 4) is 0 Å². The Morgan fingerprint density at radius 1 is 1.25 bits per heavy atom. The molecule has 7 nitrogen and oxygen atoms in total. The molecular formula is C16H16N4O3S. The summed E-state index contributed by atoms with van der Waals surface area (Å²) in [4.78, 5) is 28.6. The number of methoxy groups -OCH3 is 1. The summed E-state index contributed by atoms with van der Waals surface area (Å²) in [5.41, 5.74) is 2.54. The molecule has 3 aromatic rings. The highest BCUT2D eigenvalue weighted by molar-refractivity contribution is 7.16. The molecule has 0 aliphatic rings. The van der Waals surface area contributed by atoms with Crippen LogP contribution in [0.25, 0.3) is 10.2 Å². The lowest BCUT2D eigenvalue weighted by Crippen LogP contribution is -2.13. The smallest absolute Gasteiger partial charge is 0.337 e. The molecule has 2 aromatic heterocycles. The first-order chi connectivity index (χ1) is 11.4. The Morgan fingerprint density at radius 3 is 2.62 bits per heavy atom. The minimum absolute atomic E-state index is 0.308. The van der Waals surface area contributed by atoms with E-state index in [1.165, 1.54) is 18.4 Å². The first kappa shape index (κ1) is 16.1. The Balaban J connectivity index is 2.07. The Kier molecular flexibility index (Phi) is 4.06. The van der Waals surface area contributed by atoms with Gasteiger partial charge in [-0.1, -0.05) is 11.3 Å². The molecule has 0 saturated heterocycles. The van der Waals surface area contributed by atoms with Crippen LogP contribution in [0.15, 0.2) is 29.3 Å². The van der Waals surface area contributed by atoms with Gasteiger partial charge >= 0.3 is 5.97 Å². The van der Waals surface area contributed by atoms with E-state index in [1.54, 1.807) is 29.9 Å². The number of nitrogens with zero attached hydrogens (tertiary/aromatic N) is 4.